The van der Waals surface area contributed by atoms with Crippen LogP contribution in [0.25, 0.3) is 0 Å². The number of thiazole rings is 1. The van der Waals surface area contributed by atoms with Gasteiger partial charge in [0.25, 0.3) is 0 Å². The average molecular weight is 393 g/mol. The molecule has 3 rings (SSSR count). The summed E-state index contributed by atoms with van der Waals surface area (Å²) >= 11 is 7.20. The topological polar surface area (TPSA) is 74.3 Å². The molecule has 3 amide bonds. The van der Waals surface area contributed by atoms with Gasteiger partial charge >= 0.3 is 6.03 Å². The van der Waals surface area contributed by atoms with Crippen molar-refractivity contribution >= 4 is 45.7 Å². The number of carbonyl (C=O) groups excluding carboxylic acids is 2. The number of piperidine rings is 1. The van der Waals surface area contributed by atoms with Gasteiger partial charge in [0, 0.05) is 29.2 Å². The summed E-state index contributed by atoms with van der Waals surface area (Å²) in [7, 11) is 0. The van der Waals surface area contributed by atoms with Crippen LogP contribution in [0, 0.1) is 5.92 Å². The Balaban J connectivity index is 1.51. The van der Waals surface area contributed by atoms with E-state index in [1.165, 1.54) is 11.3 Å². The predicted octanol–water partition coefficient (Wildman–Crippen LogP) is 4.24. The lowest BCUT2D eigenvalue weighted by Gasteiger charge is -2.30. The Morgan fingerprint density at radius 1 is 1.31 bits per heavy atom. The third-order valence-electron chi connectivity index (χ3n) is 4.32. The molecule has 1 aromatic carbocycles. The molecule has 2 N–H and O–H groups in total. The lowest BCUT2D eigenvalue weighted by atomic mass is 9.99. The molecule has 0 atom stereocenters. The second-order valence-corrected chi connectivity index (χ2v) is 7.77. The number of hydrogen-bond acceptors (Lipinski definition) is 4. The van der Waals surface area contributed by atoms with Gasteiger partial charge in [-0.05, 0) is 37.0 Å². The first-order valence-electron chi connectivity index (χ1n) is 8.55. The number of benzene rings is 1. The molecule has 138 valence electrons. The molecular weight excluding hydrogens is 372 g/mol. The maximum absolute atomic E-state index is 12.4. The molecule has 1 aromatic heterocycles. The van der Waals surface area contributed by atoms with E-state index >= 15 is 0 Å². The van der Waals surface area contributed by atoms with E-state index in [-0.39, 0.29) is 12.3 Å². The van der Waals surface area contributed by atoms with Crippen LogP contribution in [0.15, 0.2) is 29.6 Å². The van der Waals surface area contributed by atoms with Gasteiger partial charge in [-0.15, -0.1) is 11.3 Å². The van der Waals surface area contributed by atoms with Crippen molar-refractivity contribution in [3.63, 3.8) is 0 Å². The zero-order chi connectivity index (χ0) is 18.5. The van der Waals surface area contributed by atoms with Crippen LogP contribution in [-0.4, -0.2) is 34.9 Å². The van der Waals surface area contributed by atoms with E-state index in [1.54, 1.807) is 29.6 Å². The van der Waals surface area contributed by atoms with Crippen molar-refractivity contribution in [3.05, 3.63) is 40.4 Å². The van der Waals surface area contributed by atoms with Crippen LogP contribution < -0.4 is 10.6 Å². The number of amides is 3. The van der Waals surface area contributed by atoms with Gasteiger partial charge in [-0.3, -0.25) is 10.1 Å². The molecule has 0 aliphatic carbocycles. The zero-order valence-corrected chi connectivity index (χ0v) is 16.1. The van der Waals surface area contributed by atoms with E-state index in [1.807, 2.05) is 4.90 Å². The summed E-state index contributed by atoms with van der Waals surface area (Å²) in [5.74, 6) is 0.782. The van der Waals surface area contributed by atoms with Gasteiger partial charge in [-0.1, -0.05) is 24.6 Å². The third-order valence-corrected chi connectivity index (χ3v) is 5.37. The van der Waals surface area contributed by atoms with Crippen LogP contribution in [0.3, 0.4) is 0 Å². The van der Waals surface area contributed by atoms with Gasteiger partial charge in [0.1, 0.15) is 0 Å². The van der Waals surface area contributed by atoms with Crippen molar-refractivity contribution < 1.29 is 9.59 Å². The minimum absolute atomic E-state index is 0.0946. The standard InChI is InChI=1S/C18H21ClN4O2S/c1-12-5-7-23(8-6-12)16(24)10-15-11-26-18(21-15)22-17(25)20-14-4-2-3-13(19)9-14/h2-4,9,11-12H,5-8,10H2,1H3,(H2,20,21,22,25). The molecule has 0 unspecified atom stereocenters. The number of anilines is 2. The smallest absolute Gasteiger partial charge is 0.325 e. The number of likely N-dealkylation sites (tertiary alicyclic amines) is 1. The van der Waals surface area contributed by atoms with Crippen LogP contribution in [-0.2, 0) is 11.2 Å². The van der Waals surface area contributed by atoms with Gasteiger partial charge < -0.3 is 10.2 Å². The minimum atomic E-state index is -0.399. The minimum Gasteiger partial charge on any atom is -0.342 e. The number of urea groups is 1. The Labute approximate surface area is 161 Å². The molecule has 2 heterocycles. The van der Waals surface area contributed by atoms with Crippen molar-refractivity contribution in [2.24, 2.45) is 5.92 Å². The van der Waals surface area contributed by atoms with E-state index in [0.29, 0.717) is 27.5 Å². The number of aromatic nitrogens is 1. The molecule has 0 spiro atoms. The first-order chi connectivity index (χ1) is 12.5. The number of halogens is 1. The number of nitrogens with zero attached hydrogens (tertiary/aromatic N) is 2. The third kappa shape index (κ3) is 5.19. The molecule has 0 radical (unpaired) electrons. The Morgan fingerprint density at radius 2 is 2.08 bits per heavy atom. The van der Waals surface area contributed by atoms with Crippen LogP contribution in [0.4, 0.5) is 15.6 Å². The molecule has 1 saturated heterocycles. The van der Waals surface area contributed by atoms with Gasteiger partial charge in [-0.2, -0.15) is 0 Å². The first-order valence-corrected chi connectivity index (χ1v) is 9.81. The highest BCUT2D eigenvalue weighted by atomic mass is 35.5. The quantitative estimate of drug-likeness (QED) is 0.817. The Hall–Kier alpha value is -2.12. The largest absolute Gasteiger partial charge is 0.342 e. The van der Waals surface area contributed by atoms with Crippen molar-refractivity contribution in [2.45, 2.75) is 26.2 Å². The fraction of sp³-hybridized carbons (Fsp3) is 0.389. The van der Waals surface area contributed by atoms with Gasteiger partial charge in [0.15, 0.2) is 5.13 Å². The van der Waals surface area contributed by atoms with Crippen molar-refractivity contribution in [1.29, 1.82) is 0 Å². The van der Waals surface area contributed by atoms with Gasteiger partial charge in [0.05, 0.1) is 12.1 Å². The van der Waals surface area contributed by atoms with E-state index in [2.05, 4.69) is 22.5 Å². The highest BCUT2D eigenvalue weighted by Crippen LogP contribution is 2.20. The van der Waals surface area contributed by atoms with E-state index < -0.39 is 6.03 Å². The van der Waals surface area contributed by atoms with Crippen LogP contribution in [0.1, 0.15) is 25.5 Å². The lowest BCUT2D eigenvalue weighted by Crippen LogP contribution is -2.38. The highest BCUT2D eigenvalue weighted by Gasteiger charge is 2.21. The fourth-order valence-electron chi connectivity index (χ4n) is 2.80. The summed E-state index contributed by atoms with van der Waals surface area (Å²) in [6.07, 6.45) is 2.38. The van der Waals surface area contributed by atoms with E-state index in [4.69, 9.17) is 11.6 Å². The number of carbonyl (C=O) groups is 2. The summed E-state index contributed by atoms with van der Waals surface area (Å²) in [6, 6.07) is 6.50. The summed E-state index contributed by atoms with van der Waals surface area (Å²) in [5, 5.41) is 8.18. The lowest BCUT2D eigenvalue weighted by molar-refractivity contribution is -0.131. The predicted molar refractivity (Wildman–Crippen MR) is 105 cm³/mol. The first kappa shape index (κ1) is 18.7. The number of hydrogen-bond donors (Lipinski definition) is 2. The zero-order valence-electron chi connectivity index (χ0n) is 14.5. The Morgan fingerprint density at radius 3 is 2.81 bits per heavy atom. The molecule has 1 aliphatic heterocycles. The molecule has 0 bridgehead atoms. The maximum Gasteiger partial charge on any atom is 0.325 e. The van der Waals surface area contributed by atoms with Crippen LogP contribution >= 0.6 is 22.9 Å². The summed E-state index contributed by atoms with van der Waals surface area (Å²) in [5.41, 5.74) is 1.28. The van der Waals surface area contributed by atoms with Crippen LogP contribution in [0.5, 0.6) is 0 Å². The van der Waals surface area contributed by atoms with Gasteiger partial charge in [0.2, 0.25) is 5.91 Å². The van der Waals surface area contributed by atoms with E-state index in [9.17, 15) is 9.59 Å². The summed E-state index contributed by atoms with van der Waals surface area (Å²) in [4.78, 5) is 30.6. The second-order valence-electron chi connectivity index (χ2n) is 6.47. The van der Waals surface area contributed by atoms with Crippen molar-refractivity contribution in [2.75, 3.05) is 23.7 Å². The maximum atomic E-state index is 12.4. The molecule has 1 aliphatic rings. The van der Waals surface area contributed by atoms with Crippen molar-refractivity contribution in [1.82, 2.24) is 9.88 Å². The Bertz CT molecular complexity index is 787. The summed E-state index contributed by atoms with van der Waals surface area (Å²) in [6.45, 7) is 3.85. The molecule has 0 saturated carbocycles. The molecule has 26 heavy (non-hydrogen) atoms. The second kappa shape index (κ2) is 8.51. The number of rotatable bonds is 4. The van der Waals surface area contributed by atoms with Crippen molar-refractivity contribution in [3.8, 4) is 0 Å². The monoisotopic (exact) mass is 392 g/mol. The normalized spacial score (nSPS) is 14.9. The fourth-order valence-corrected chi connectivity index (χ4v) is 3.69. The van der Waals surface area contributed by atoms with Gasteiger partial charge in [-0.25, -0.2) is 9.78 Å². The molecular formula is C18H21ClN4O2S. The van der Waals surface area contributed by atoms with Crippen LogP contribution in [0.2, 0.25) is 5.02 Å². The van der Waals surface area contributed by atoms with E-state index in [0.717, 1.165) is 25.9 Å². The number of nitrogens with one attached hydrogen (secondary N) is 2. The molecule has 1 fully saturated rings. The molecule has 8 heteroatoms. The average Bonchev–Trinajstić information content (AvgIpc) is 3.02. The highest BCUT2D eigenvalue weighted by molar-refractivity contribution is 7.14. The molecule has 2 aromatic rings. The Kier molecular flexibility index (Phi) is 6.11. The SMILES string of the molecule is CC1CCN(C(=O)Cc2csc(NC(=O)Nc3cccc(Cl)c3)n2)CC1. The summed E-state index contributed by atoms with van der Waals surface area (Å²) < 4.78 is 0. The molecule has 6 nitrogen and oxygen atoms in total.